The molecule has 15 heavy (non-hydrogen) atoms. The summed E-state index contributed by atoms with van der Waals surface area (Å²) in [6.07, 6.45) is 7.36. The van der Waals surface area contributed by atoms with Crippen LogP contribution < -0.4 is 0 Å². The van der Waals surface area contributed by atoms with E-state index in [9.17, 15) is 4.79 Å². The Morgan fingerprint density at radius 3 is 2.67 bits per heavy atom. The van der Waals surface area contributed by atoms with Gasteiger partial charge in [-0.05, 0) is 19.3 Å². The molecule has 0 radical (unpaired) electrons. The van der Waals surface area contributed by atoms with Crippen LogP contribution in [0.15, 0.2) is 0 Å². The highest BCUT2D eigenvalue weighted by Crippen LogP contribution is 2.44. The van der Waals surface area contributed by atoms with Gasteiger partial charge in [-0.25, -0.2) is 4.79 Å². The van der Waals surface area contributed by atoms with Crippen LogP contribution in [0.2, 0.25) is 0 Å². The van der Waals surface area contributed by atoms with E-state index >= 15 is 0 Å². The number of epoxide rings is 1. The summed E-state index contributed by atoms with van der Waals surface area (Å²) in [5, 5.41) is 0. The molecule has 0 N–H and O–H groups in total. The number of carbonyl (C=O) groups excluding carboxylic acids is 1. The van der Waals surface area contributed by atoms with Crippen molar-refractivity contribution in [1.82, 2.24) is 0 Å². The Morgan fingerprint density at radius 2 is 2.07 bits per heavy atom. The van der Waals surface area contributed by atoms with E-state index in [1.165, 1.54) is 39.2 Å². The van der Waals surface area contributed by atoms with Crippen LogP contribution in [-0.2, 0) is 14.3 Å². The van der Waals surface area contributed by atoms with Gasteiger partial charge < -0.3 is 9.47 Å². The Labute approximate surface area is 91.1 Å². The monoisotopic (exact) mass is 212 g/mol. The van der Waals surface area contributed by atoms with Crippen LogP contribution in [-0.4, -0.2) is 24.8 Å². The maximum absolute atomic E-state index is 11.3. The fourth-order valence-corrected chi connectivity index (χ4v) is 2.76. The molecule has 1 aliphatic carbocycles. The predicted molar refractivity (Wildman–Crippen MR) is 56.5 cm³/mol. The van der Waals surface area contributed by atoms with Gasteiger partial charge in [0.05, 0.1) is 7.11 Å². The van der Waals surface area contributed by atoms with Crippen LogP contribution in [0, 0.1) is 5.92 Å². The summed E-state index contributed by atoms with van der Waals surface area (Å²) in [6.45, 7) is 2.03. The molecule has 0 aromatic rings. The number of carbonyl (C=O) groups is 1. The van der Waals surface area contributed by atoms with Crippen molar-refractivity contribution >= 4 is 5.97 Å². The zero-order chi connectivity index (χ0) is 10.9. The minimum Gasteiger partial charge on any atom is -0.467 e. The van der Waals surface area contributed by atoms with Crippen molar-refractivity contribution in [3.63, 3.8) is 0 Å². The largest absolute Gasteiger partial charge is 0.467 e. The van der Waals surface area contributed by atoms with Crippen molar-refractivity contribution in [2.45, 2.75) is 57.2 Å². The van der Waals surface area contributed by atoms with Gasteiger partial charge in [-0.15, -0.1) is 0 Å². The van der Waals surface area contributed by atoms with Crippen LogP contribution >= 0.6 is 0 Å². The van der Waals surface area contributed by atoms with Crippen LogP contribution in [0.5, 0.6) is 0 Å². The summed E-state index contributed by atoms with van der Waals surface area (Å²) >= 11 is 0. The molecule has 1 heterocycles. The zero-order valence-electron chi connectivity index (χ0n) is 9.62. The van der Waals surface area contributed by atoms with E-state index in [4.69, 9.17) is 9.47 Å². The molecule has 3 nitrogen and oxygen atoms in total. The Hall–Kier alpha value is -0.570. The fourth-order valence-electron chi connectivity index (χ4n) is 2.76. The van der Waals surface area contributed by atoms with Gasteiger partial charge in [-0.1, -0.05) is 32.1 Å². The molecule has 1 aliphatic heterocycles. The van der Waals surface area contributed by atoms with Crippen molar-refractivity contribution < 1.29 is 14.3 Å². The van der Waals surface area contributed by atoms with Crippen molar-refractivity contribution in [2.75, 3.05) is 7.11 Å². The lowest BCUT2D eigenvalue weighted by Crippen LogP contribution is -2.23. The first-order valence-electron chi connectivity index (χ1n) is 5.91. The summed E-state index contributed by atoms with van der Waals surface area (Å²) in [5.74, 6) is 0.534. The van der Waals surface area contributed by atoms with Crippen molar-refractivity contribution in [3.8, 4) is 0 Å². The number of methoxy groups -OCH3 is 1. The molecule has 0 aromatic heterocycles. The van der Waals surface area contributed by atoms with E-state index in [1.54, 1.807) is 0 Å². The minimum absolute atomic E-state index is 0.215. The summed E-state index contributed by atoms with van der Waals surface area (Å²) in [4.78, 5) is 11.3. The Morgan fingerprint density at radius 1 is 1.40 bits per heavy atom. The van der Waals surface area contributed by atoms with Crippen molar-refractivity contribution in [1.29, 1.82) is 0 Å². The highest BCUT2D eigenvalue weighted by Gasteiger charge is 2.58. The Bertz CT molecular complexity index is 245. The normalized spacial score (nSPS) is 36.3. The lowest BCUT2D eigenvalue weighted by Gasteiger charge is -2.23. The van der Waals surface area contributed by atoms with Crippen LogP contribution in [0.25, 0.3) is 0 Å². The van der Waals surface area contributed by atoms with E-state index in [0.29, 0.717) is 0 Å². The highest BCUT2D eigenvalue weighted by atomic mass is 16.6. The van der Waals surface area contributed by atoms with E-state index in [2.05, 4.69) is 0 Å². The van der Waals surface area contributed by atoms with Gasteiger partial charge in [0.25, 0.3) is 0 Å². The molecule has 0 amide bonds. The molecule has 2 aliphatic rings. The third-order valence-corrected chi connectivity index (χ3v) is 3.72. The molecular weight excluding hydrogens is 192 g/mol. The van der Waals surface area contributed by atoms with Gasteiger partial charge in [0.15, 0.2) is 6.10 Å². The number of hydrogen-bond acceptors (Lipinski definition) is 3. The first kappa shape index (κ1) is 10.9. The first-order chi connectivity index (χ1) is 7.15. The number of esters is 1. The third-order valence-electron chi connectivity index (χ3n) is 3.72. The van der Waals surface area contributed by atoms with Crippen LogP contribution in [0.4, 0.5) is 0 Å². The summed E-state index contributed by atoms with van der Waals surface area (Å²) in [5.41, 5.74) is -0.227. The second kappa shape index (κ2) is 4.12. The first-order valence-corrected chi connectivity index (χ1v) is 5.91. The summed E-state index contributed by atoms with van der Waals surface area (Å²) < 4.78 is 10.2. The summed E-state index contributed by atoms with van der Waals surface area (Å²) in [6, 6.07) is 0. The third kappa shape index (κ3) is 2.33. The molecule has 86 valence electrons. The van der Waals surface area contributed by atoms with E-state index in [0.717, 1.165) is 12.3 Å². The molecule has 1 saturated carbocycles. The second-order valence-corrected chi connectivity index (χ2v) is 5.04. The van der Waals surface area contributed by atoms with Gasteiger partial charge in [-0.2, -0.15) is 0 Å². The predicted octanol–water partition coefficient (Wildman–Crippen LogP) is 2.29. The quantitative estimate of drug-likeness (QED) is 0.532. The average molecular weight is 212 g/mol. The molecule has 2 rings (SSSR count). The zero-order valence-corrected chi connectivity index (χ0v) is 9.62. The SMILES string of the molecule is COC(=O)C1OC1(C)CC1CCCCC1. The Balaban J connectivity index is 1.82. The second-order valence-electron chi connectivity index (χ2n) is 5.04. The maximum Gasteiger partial charge on any atom is 0.338 e. The molecule has 3 heteroatoms. The number of rotatable bonds is 3. The van der Waals surface area contributed by atoms with Gasteiger partial charge in [-0.3, -0.25) is 0 Å². The standard InChI is InChI=1S/C12H20O3/c1-12(10(15-12)11(13)14-2)8-9-6-4-3-5-7-9/h9-10H,3-8H2,1-2H3. The number of ether oxygens (including phenoxy) is 2. The molecular formula is C12H20O3. The fraction of sp³-hybridized carbons (Fsp3) is 0.917. The van der Waals surface area contributed by atoms with E-state index < -0.39 is 0 Å². The molecule has 2 fully saturated rings. The highest BCUT2D eigenvalue weighted by molar-refractivity contribution is 5.79. The molecule has 0 aromatic carbocycles. The molecule has 2 atom stereocenters. The molecule has 2 unspecified atom stereocenters. The molecule has 1 saturated heterocycles. The topological polar surface area (TPSA) is 38.8 Å². The van der Waals surface area contributed by atoms with Crippen molar-refractivity contribution in [2.24, 2.45) is 5.92 Å². The van der Waals surface area contributed by atoms with Gasteiger partial charge in [0.1, 0.15) is 5.60 Å². The van der Waals surface area contributed by atoms with Gasteiger partial charge >= 0.3 is 5.97 Å². The number of hydrogen-bond donors (Lipinski definition) is 0. The lowest BCUT2D eigenvalue weighted by molar-refractivity contribution is -0.142. The Kier molecular flexibility index (Phi) is 3.01. The minimum atomic E-state index is -0.301. The van der Waals surface area contributed by atoms with E-state index in [1.807, 2.05) is 6.92 Å². The lowest BCUT2D eigenvalue weighted by atomic mass is 9.82. The van der Waals surface area contributed by atoms with Crippen LogP contribution in [0.1, 0.15) is 45.4 Å². The van der Waals surface area contributed by atoms with Crippen molar-refractivity contribution in [3.05, 3.63) is 0 Å². The van der Waals surface area contributed by atoms with E-state index in [-0.39, 0.29) is 17.7 Å². The average Bonchev–Trinajstić information content (AvgIpc) is 2.90. The van der Waals surface area contributed by atoms with Gasteiger partial charge in [0.2, 0.25) is 0 Å². The molecule has 0 spiro atoms. The molecule has 0 bridgehead atoms. The van der Waals surface area contributed by atoms with Crippen LogP contribution in [0.3, 0.4) is 0 Å². The maximum atomic E-state index is 11.3. The van der Waals surface area contributed by atoms with Gasteiger partial charge in [0, 0.05) is 0 Å². The summed E-state index contributed by atoms with van der Waals surface area (Å²) in [7, 11) is 1.42. The smallest absolute Gasteiger partial charge is 0.338 e.